The second-order valence-electron chi connectivity index (χ2n) is 2.48. The summed E-state index contributed by atoms with van der Waals surface area (Å²) in [5, 5.41) is 8.45. The van der Waals surface area contributed by atoms with Crippen molar-refractivity contribution >= 4 is 0 Å². The standard InChI is InChI=1S/C8H15O.CH3.Sm/c1-4-8(5-6-9)7(2)3;;/h6,8-9H,1,4-5H2,2-3H3;1H3;/q-3;-1;. The second kappa shape index (κ2) is 11.3. The molecule has 0 spiro atoms. The Bertz CT molecular complexity index is 64.6. The zero-order chi connectivity index (χ0) is 7.28. The van der Waals surface area contributed by atoms with E-state index in [4.69, 9.17) is 5.11 Å². The van der Waals surface area contributed by atoms with E-state index in [1.54, 1.807) is 0 Å². The summed E-state index contributed by atoms with van der Waals surface area (Å²) in [6.45, 7) is 9.12. The number of hydrogen-bond acceptors (Lipinski definition) is 1. The number of aliphatic hydroxyl groups excluding tert-OH is 1. The largest absolute Gasteiger partial charge is 0.566 e. The van der Waals surface area contributed by atoms with Gasteiger partial charge in [-0.15, -0.1) is 0 Å². The van der Waals surface area contributed by atoms with E-state index in [0.717, 1.165) is 12.8 Å². The van der Waals surface area contributed by atoms with Crippen molar-refractivity contribution in [3.8, 4) is 0 Å². The van der Waals surface area contributed by atoms with Gasteiger partial charge in [0.15, 0.2) is 0 Å². The zero-order valence-corrected chi connectivity index (χ0v) is 10.3. The maximum absolute atomic E-state index is 8.45. The average Bonchev–Trinajstić information content (AvgIpc) is 1.82. The number of hydrogen-bond donors (Lipinski definition) is 1. The molecule has 1 nitrogen and oxygen atoms in total. The minimum absolute atomic E-state index is 0. The molecule has 0 heterocycles. The Morgan fingerprint density at radius 1 is 1.55 bits per heavy atom. The van der Waals surface area contributed by atoms with Crippen LogP contribution in [0.5, 0.6) is 0 Å². The van der Waals surface area contributed by atoms with E-state index in [1.807, 2.05) is 0 Å². The van der Waals surface area contributed by atoms with E-state index >= 15 is 0 Å². The van der Waals surface area contributed by atoms with Crippen LogP contribution in [-0.4, -0.2) is 5.11 Å². The Morgan fingerprint density at radius 3 is 2.09 bits per heavy atom. The van der Waals surface area contributed by atoms with Crippen molar-refractivity contribution in [3.63, 3.8) is 0 Å². The van der Waals surface area contributed by atoms with Gasteiger partial charge in [0, 0.05) is 40.4 Å². The van der Waals surface area contributed by atoms with Gasteiger partial charge in [-0.3, -0.25) is 0 Å². The third-order valence-corrected chi connectivity index (χ3v) is 1.55. The van der Waals surface area contributed by atoms with Crippen molar-refractivity contribution in [2.24, 2.45) is 5.92 Å². The fraction of sp³-hybridized carbons (Fsp3) is 0.556. The first-order valence-electron chi connectivity index (χ1n) is 3.27. The maximum atomic E-state index is 8.45. The number of rotatable bonds is 4. The van der Waals surface area contributed by atoms with Crippen LogP contribution in [0.1, 0.15) is 26.7 Å². The molecule has 0 aromatic rings. The minimum atomic E-state index is 0. The van der Waals surface area contributed by atoms with Crippen LogP contribution in [0.3, 0.4) is 0 Å². The molecular formula is C9H18OSm-4. The summed E-state index contributed by atoms with van der Waals surface area (Å²) >= 11 is 0. The Morgan fingerprint density at radius 2 is 2.00 bits per heavy atom. The second-order valence-corrected chi connectivity index (χ2v) is 2.48. The van der Waals surface area contributed by atoms with Crippen molar-refractivity contribution in [2.45, 2.75) is 26.7 Å². The van der Waals surface area contributed by atoms with Crippen molar-refractivity contribution in [2.75, 3.05) is 0 Å². The molecule has 0 saturated heterocycles. The van der Waals surface area contributed by atoms with Gasteiger partial charge in [0.05, 0.1) is 0 Å². The van der Waals surface area contributed by atoms with Gasteiger partial charge >= 0.3 is 0 Å². The van der Waals surface area contributed by atoms with Crippen molar-refractivity contribution in [1.29, 1.82) is 0 Å². The van der Waals surface area contributed by atoms with Gasteiger partial charge in [-0.1, -0.05) is 0 Å². The molecular weight excluding hydrogens is 274 g/mol. The van der Waals surface area contributed by atoms with Gasteiger partial charge in [-0.25, -0.2) is 18.9 Å². The Kier molecular flexibility index (Phi) is 18.6. The van der Waals surface area contributed by atoms with Gasteiger partial charge < -0.3 is 25.4 Å². The van der Waals surface area contributed by atoms with Gasteiger partial charge in [0.2, 0.25) is 0 Å². The van der Waals surface area contributed by atoms with E-state index in [9.17, 15) is 0 Å². The zero-order valence-electron chi connectivity index (χ0n) is 7.63. The third kappa shape index (κ3) is 9.21. The van der Waals surface area contributed by atoms with Crippen LogP contribution in [0.4, 0.5) is 0 Å². The van der Waals surface area contributed by atoms with Crippen molar-refractivity contribution in [3.05, 3.63) is 26.9 Å². The quantitative estimate of drug-likeness (QED) is 0.790. The molecule has 2 heteroatoms. The van der Waals surface area contributed by atoms with Crippen LogP contribution >= 0.6 is 0 Å². The van der Waals surface area contributed by atoms with E-state index in [2.05, 4.69) is 20.8 Å². The smallest absolute Gasteiger partial charge is 0 e. The molecule has 0 amide bonds. The molecule has 0 aromatic carbocycles. The fourth-order valence-electron chi connectivity index (χ4n) is 0.769. The monoisotopic (exact) mass is 294 g/mol. The van der Waals surface area contributed by atoms with E-state index in [1.165, 1.54) is 12.5 Å². The maximum Gasteiger partial charge on any atom is 0 e. The normalized spacial score (nSPS) is 11.7. The van der Waals surface area contributed by atoms with Crippen LogP contribution in [-0.2, 0) is 0 Å². The summed E-state index contributed by atoms with van der Waals surface area (Å²) in [4.78, 5) is 0. The predicted octanol–water partition coefficient (Wildman–Crippen LogP) is 2.82. The molecule has 0 rings (SSSR count). The molecule has 0 aliphatic heterocycles. The Labute approximate surface area is 104 Å². The summed E-state index contributed by atoms with van der Waals surface area (Å²) in [5.41, 5.74) is 0. The molecule has 1 N–H and O–H groups in total. The van der Waals surface area contributed by atoms with E-state index < -0.39 is 0 Å². The van der Waals surface area contributed by atoms with Crippen LogP contribution in [0.2, 0.25) is 0 Å². The molecule has 0 saturated carbocycles. The van der Waals surface area contributed by atoms with E-state index in [-0.39, 0.29) is 47.8 Å². The van der Waals surface area contributed by atoms with Crippen LogP contribution < -0.4 is 0 Å². The summed E-state index contributed by atoms with van der Waals surface area (Å²) in [7, 11) is 0. The Hall–Kier alpha value is 1.30. The number of aliphatic hydroxyl groups is 1. The van der Waals surface area contributed by atoms with Gasteiger partial charge in [-0.2, -0.15) is 20.3 Å². The van der Waals surface area contributed by atoms with Gasteiger partial charge in [0.1, 0.15) is 0 Å². The molecule has 0 radical (unpaired) electrons. The molecule has 0 aliphatic rings. The summed E-state index contributed by atoms with van der Waals surface area (Å²) in [6, 6.07) is 0. The predicted molar refractivity (Wildman–Crippen MR) is 45.3 cm³/mol. The minimum Gasteiger partial charge on any atom is -0.566 e. The summed E-state index contributed by atoms with van der Waals surface area (Å²) < 4.78 is 0. The topological polar surface area (TPSA) is 20.2 Å². The molecule has 1 atom stereocenters. The van der Waals surface area contributed by atoms with Crippen LogP contribution in [0.25, 0.3) is 0 Å². The SMILES string of the molecule is [CH2-]CC(C[CH-]O)[C-](C)C.[CH3-].[Sm]. The average molecular weight is 293 g/mol. The third-order valence-electron chi connectivity index (χ3n) is 1.55. The van der Waals surface area contributed by atoms with Gasteiger partial charge in [0.25, 0.3) is 0 Å². The first-order valence-corrected chi connectivity index (χ1v) is 3.27. The van der Waals surface area contributed by atoms with Crippen molar-refractivity contribution < 1.29 is 45.5 Å². The van der Waals surface area contributed by atoms with E-state index in [0.29, 0.717) is 5.92 Å². The molecule has 70 valence electrons. The molecule has 0 aliphatic carbocycles. The first-order chi connectivity index (χ1) is 4.22. The van der Waals surface area contributed by atoms with Crippen LogP contribution in [0, 0.1) is 73.2 Å². The summed E-state index contributed by atoms with van der Waals surface area (Å²) in [6.07, 6.45) is 1.62. The van der Waals surface area contributed by atoms with Crippen LogP contribution in [0.15, 0.2) is 0 Å². The molecule has 0 aromatic heterocycles. The molecule has 0 bridgehead atoms. The molecule has 1 unspecified atom stereocenters. The van der Waals surface area contributed by atoms with Crippen molar-refractivity contribution in [1.82, 2.24) is 0 Å². The fourth-order valence-corrected chi connectivity index (χ4v) is 0.769. The Balaban J connectivity index is -0.000000320. The van der Waals surface area contributed by atoms with Gasteiger partial charge in [-0.05, 0) is 0 Å². The first kappa shape index (κ1) is 18.2. The molecule has 0 fully saturated rings. The molecule has 11 heavy (non-hydrogen) atoms. The summed E-state index contributed by atoms with van der Waals surface area (Å²) in [5.74, 6) is 1.81.